The van der Waals surface area contributed by atoms with Crippen LogP contribution in [0.5, 0.6) is 5.75 Å². The van der Waals surface area contributed by atoms with Gasteiger partial charge in [0.2, 0.25) is 0 Å². The maximum absolute atomic E-state index is 12.5. The number of carbonyl (C=O) groups excluding carboxylic acids is 2. The molecule has 0 fully saturated rings. The van der Waals surface area contributed by atoms with E-state index >= 15 is 0 Å². The van der Waals surface area contributed by atoms with Crippen LogP contribution in [0.15, 0.2) is 48.5 Å². The van der Waals surface area contributed by atoms with Crippen LogP contribution in [0.4, 0.5) is 0 Å². The number of hydrogen-bond donors (Lipinski definition) is 0. The molecule has 0 N–H and O–H groups in total. The summed E-state index contributed by atoms with van der Waals surface area (Å²) in [5.41, 5.74) is 1.21. The third kappa shape index (κ3) is 4.92. The number of carbonyl (C=O) groups is 2. The SMILES string of the molecule is CCOC(=O)C(C)(C)Oc1ccc(C(=O)c2ccc(CBr)cc2)cc1. The molecule has 0 aliphatic rings. The summed E-state index contributed by atoms with van der Waals surface area (Å²) in [6, 6.07) is 14.2. The van der Waals surface area contributed by atoms with E-state index in [2.05, 4.69) is 15.9 Å². The van der Waals surface area contributed by atoms with Gasteiger partial charge in [-0.15, -0.1) is 0 Å². The highest BCUT2D eigenvalue weighted by molar-refractivity contribution is 9.08. The number of halogens is 1. The predicted octanol–water partition coefficient (Wildman–Crippen LogP) is 4.53. The molecule has 0 heterocycles. The van der Waals surface area contributed by atoms with Crippen LogP contribution >= 0.6 is 15.9 Å². The fourth-order valence-electron chi connectivity index (χ4n) is 2.23. The Morgan fingerprint density at radius 3 is 1.96 bits per heavy atom. The van der Waals surface area contributed by atoms with Crippen LogP contribution in [0.2, 0.25) is 0 Å². The Kier molecular flexibility index (Phi) is 6.37. The van der Waals surface area contributed by atoms with Crippen LogP contribution in [0.1, 0.15) is 42.3 Å². The first kappa shape index (κ1) is 19.2. The zero-order valence-corrected chi connectivity index (χ0v) is 16.1. The molecule has 132 valence electrons. The van der Waals surface area contributed by atoms with Crippen LogP contribution in [0, 0.1) is 0 Å². The van der Waals surface area contributed by atoms with Crippen molar-refractivity contribution >= 4 is 27.7 Å². The first-order chi connectivity index (χ1) is 11.9. The molecule has 0 aliphatic heterocycles. The minimum Gasteiger partial charge on any atom is -0.476 e. The molecule has 0 unspecified atom stereocenters. The van der Waals surface area contributed by atoms with Gasteiger partial charge in [-0.1, -0.05) is 40.2 Å². The Hall–Kier alpha value is -2.14. The Morgan fingerprint density at radius 2 is 1.48 bits per heavy atom. The summed E-state index contributed by atoms with van der Waals surface area (Å²) in [7, 11) is 0. The molecule has 0 aliphatic carbocycles. The normalized spacial score (nSPS) is 11.0. The second-order valence-corrected chi connectivity index (χ2v) is 6.58. The third-order valence-corrected chi connectivity index (χ3v) is 4.27. The third-order valence-electron chi connectivity index (χ3n) is 3.63. The predicted molar refractivity (Wildman–Crippen MR) is 100 cm³/mol. The maximum Gasteiger partial charge on any atom is 0.349 e. The average molecular weight is 405 g/mol. The number of alkyl halides is 1. The van der Waals surface area contributed by atoms with E-state index in [9.17, 15) is 9.59 Å². The fraction of sp³-hybridized carbons (Fsp3) is 0.300. The number of rotatable bonds is 7. The largest absolute Gasteiger partial charge is 0.476 e. The van der Waals surface area contributed by atoms with Gasteiger partial charge in [-0.25, -0.2) is 4.79 Å². The summed E-state index contributed by atoms with van der Waals surface area (Å²) < 4.78 is 10.7. The van der Waals surface area contributed by atoms with Crippen molar-refractivity contribution in [3.8, 4) is 5.75 Å². The van der Waals surface area contributed by atoms with Gasteiger partial charge in [0, 0.05) is 16.5 Å². The van der Waals surface area contributed by atoms with Gasteiger partial charge in [0.15, 0.2) is 11.4 Å². The summed E-state index contributed by atoms with van der Waals surface area (Å²) in [6.45, 7) is 5.34. The Labute approximate surface area is 156 Å². The van der Waals surface area contributed by atoms with Crippen LogP contribution in [0.3, 0.4) is 0 Å². The first-order valence-corrected chi connectivity index (χ1v) is 9.15. The van der Waals surface area contributed by atoms with Crippen LogP contribution in [0.25, 0.3) is 0 Å². The molecule has 4 nitrogen and oxygen atoms in total. The zero-order chi connectivity index (χ0) is 18.4. The number of benzene rings is 2. The lowest BCUT2D eigenvalue weighted by atomic mass is 10.0. The van der Waals surface area contributed by atoms with Gasteiger partial charge in [0.25, 0.3) is 0 Å². The van der Waals surface area contributed by atoms with E-state index in [1.165, 1.54) is 0 Å². The van der Waals surface area contributed by atoms with Crippen molar-refractivity contribution in [1.82, 2.24) is 0 Å². The van der Waals surface area contributed by atoms with E-state index < -0.39 is 11.6 Å². The second kappa shape index (κ2) is 8.30. The van der Waals surface area contributed by atoms with Crippen molar-refractivity contribution in [1.29, 1.82) is 0 Å². The van der Waals surface area contributed by atoms with Crippen molar-refractivity contribution in [2.75, 3.05) is 6.61 Å². The lowest BCUT2D eigenvalue weighted by molar-refractivity contribution is -0.158. The minimum absolute atomic E-state index is 0.0580. The van der Waals surface area contributed by atoms with Crippen molar-refractivity contribution < 1.29 is 19.1 Å². The van der Waals surface area contributed by atoms with E-state index in [4.69, 9.17) is 9.47 Å². The maximum atomic E-state index is 12.5. The molecule has 25 heavy (non-hydrogen) atoms. The summed E-state index contributed by atoms with van der Waals surface area (Å²) >= 11 is 3.38. The lowest BCUT2D eigenvalue weighted by Crippen LogP contribution is -2.39. The molecule has 2 aromatic rings. The average Bonchev–Trinajstić information content (AvgIpc) is 2.62. The summed E-state index contributed by atoms with van der Waals surface area (Å²) in [5, 5.41) is 0.754. The van der Waals surface area contributed by atoms with E-state index in [1.54, 1.807) is 45.0 Å². The molecular formula is C20H21BrO4. The molecule has 0 amide bonds. The highest BCUT2D eigenvalue weighted by Crippen LogP contribution is 2.21. The molecule has 0 bridgehead atoms. The van der Waals surface area contributed by atoms with Crippen molar-refractivity contribution in [2.24, 2.45) is 0 Å². The monoisotopic (exact) mass is 404 g/mol. The van der Waals surface area contributed by atoms with E-state index in [1.807, 2.05) is 24.3 Å². The molecular weight excluding hydrogens is 384 g/mol. The Bertz CT molecular complexity index is 733. The minimum atomic E-state index is -1.09. The number of esters is 1. The number of ketones is 1. The van der Waals surface area contributed by atoms with Crippen LogP contribution < -0.4 is 4.74 Å². The molecule has 0 saturated carbocycles. The van der Waals surface area contributed by atoms with Gasteiger partial charge < -0.3 is 9.47 Å². The summed E-state index contributed by atoms with van der Waals surface area (Å²) in [4.78, 5) is 24.4. The van der Waals surface area contributed by atoms with Crippen molar-refractivity contribution in [3.05, 3.63) is 65.2 Å². The topological polar surface area (TPSA) is 52.6 Å². The molecule has 0 saturated heterocycles. The highest BCUT2D eigenvalue weighted by Gasteiger charge is 2.31. The molecule has 2 aromatic carbocycles. The smallest absolute Gasteiger partial charge is 0.349 e. The standard InChI is InChI=1S/C20H21BrO4/c1-4-24-19(23)20(2,3)25-17-11-9-16(10-12-17)18(22)15-7-5-14(13-21)6-8-15/h5-12H,4,13H2,1-3H3. The van der Waals surface area contributed by atoms with Crippen LogP contribution in [-0.2, 0) is 14.9 Å². The number of ether oxygens (including phenoxy) is 2. The molecule has 2 rings (SSSR count). The van der Waals surface area contributed by atoms with Gasteiger partial charge in [-0.05, 0) is 50.6 Å². The van der Waals surface area contributed by atoms with Gasteiger partial charge in [-0.2, -0.15) is 0 Å². The van der Waals surface area contributed by atoms with Gasteiger partial charge in [0.05, 0.1) is 6.61 Å². The van der Waals surface area contributed by atoms with Gasteiger partial charge >= 0.3 is 5.97 Å². The van der Waals surface area contributed by atoms with E-state index in [-0.39, 0.29) is 5.78 Å². The zero-order valence-electron chi connectivity index (χ0n) is 14.5. The molecule has 0 aromatic heterocycles. The van der Waals surface area contributed by atoms with Crippen molar-refractivity contribution in [2.45, 2.75) is 31.7 Å². The van der Waals surface area contributed by atoms with Crippen LogP contribution in [-0.4, -0.2) is 24.0 Å². The lowest BCUT2D eigenvalue weighted by Gasteiger charge is -2.24. The van der Waals surface area contributed by atoms with Gasteiger partial charge in [0.1, 0.15) is 5.75 Å². The summed E-state index contributed by atoms with van der Waals surface area (Å²) in [5.74, 6) is 0.0172. The molecule has 0 spiro atoms. The fourth-order valence-corrected chi connectivity index (χ4v) is 2.60. The highest BCUT2D eigenvalue weighted by atomic mass is 79.9. The Balaban J connectivity index is 2.10. The van der Waals surface area contributed by atoms with Gasteiger partial charge in [-0.3, -0.25) is 4.79 Å². The van der Waals surface area contributed by atoms with E-state index in [0.717, 1.165) is 10.9 Å². The van der Waals surface area contributed by atoms with Crippen molar-refractivity contribution in [3.63, 3.8) is 0 Å². The molecule has 0 radical (unpaired) electrons. The quantitative estimate of drug-likeness (QED) is 0.386. The Morgan fingerprint density at radius 1 is 0.960 bits per heavy atom. The number of hydrogen-bond acceptors (Lipinski definition) is 4. The summed E-state index contributed by atoms with van der Waals surface area (Å²) in [6.07, 6.45) is 0. The van der Waals surface area contributed by atoms with E-state index in [0.29, 0.717) is 23.5 Å². The molecule has 0 atom stereocenters. The first-order valence-electron chi connectivity index (χ1n) is 8.03. The molecule has 5 heteroatoms. The second-order valence-electron chi connectivity index (χ2n) is 6.02.